The minimum Gasteiger partial charge on any atom is -0.483 e. The lowest BCUT2D eigenvalue weighted by Gasteiger charge is -2.33. The number of nitrogens with one attached hydrogen (secondary N) is 1. The molecule has 2 atom stereocenters. The quantitative estimate of drug-likeness (QED) is 0.0682. The van der Waals surface area contributed by atoms with E-state index < -0.39 is 49.6 Å². The van der Waals surface area contributed by atoms with Crippen LogP contribution in [0, 0.1) is 0 Å². The Balaban J connectivity index is 0.000000200. The van der Waals surface area contributed by atoms with Crippen molar-refractivity contribution in [1.29, 1.82) is 0 Å². The summed E-state index contributed by atoms with van der Waals surface area (Å²) in [6.07, 6.45) is -5.05. The van der Waals surface area contributed by atoms with Gasteiger partial charge in [-0.3, -0.25) is 24.4 Å². The molecule has 0 saturated carbocycles. The van der Waals surface area contributed by atoms with Crippen LogP contribution in [0.5, 0.6) is 11.5 Å². The molecule has 13 N–H and O–H groups in total. The van der Waals surface area contributed by atoms with E-state index in [1.54, 1.807) is 41.6 Å². The van der Waals surface area contributed by atoms with Gasteiger partial charge in [-0.2, -0.15) is 26.3 Å². The number of nitrogens with two attached hydrogens (primary N) is 5. The number of aromatic nitrogens is 4. The Morgan fingerprint density at radius 1 is 0.732 bits per heavy atom. The van der Waals surface area contributed by atoms with Gasteiger partial charge in [0.2, 0.25) is 0 Å². The zero-order chi connectivity index (χ0) is 51.6. The second kappa shape index (κ2) is 23.5. The first-order chi connectivity index (χ1) is 33.6. The highest BCUT2D eigenvalue weighted by molar-refractivity contribution is 7.21. The number of amides is 2. The van der Waals surface area contributed by atoms with Crippen LogP contribution in [0.4, 0.5) is 49.4 Å². The molecule has 6 aromatic heterocycles. The molecule has 382 valence electrons. The first kappa shape index (κ1) is 53.7. The van der Waals surface area contributed by atoms with Crippen molar-refractivity contribution in [3.05, 3.63) is 82.1 Å². The van der Waals surface area contributed by atoms with E-state index in [2.05, 4.69) is 25.3 Å². The zero-order valence-electron chi connectivity index (χ0n) is 37.6. The molecular weight excluding hydrogens is 987 g/mol. The Morgan fingerprint density at radius 3 is 1.56 bits per heavy atom. The van der Waals surface area contributed by atoms with E-state index in [1.165, 1.54) is 12.1 Å². The summed E-state index contributed by atoms with van der Waals surface area (Å²) in [7, 11) is 0. The number of halogens is 6. The average molecular weight is 1040 g/mol. The Labute approximate surface area is 408 Å². The van der Waals surface area contributed by atoms with E-state index >= 15 is 0 Å². The van der Waals surface area contributed by atoms with Crippen molar-refractivity contribution in [2.75, 3.05) is 73.7 Å². The molecule has 8 rings (SSSR count). The van der Waals surface area contributed by atoms with Crippen LogP contribution in [0.3, 0.4) is 0 Å². The van der Waals surface area contributed by atoms with E-state index in [9.17, 15) is 45.8 Å². The van der Waals surface area contributed by atoms with Crippen molar-refractivity contribution in [2.45, 2.75) is 56.3 Å². The van der Waals surface area contributed by atoms with Crippen LogP contribution in [0.2, 0.25) is 0 Å². The number of carbonyl (C=O) groups excluding carboxylic acids is 3. The third-order valence-electron chi connectivity index (χ3n) is 10.9. The monoisotopic (exact) mass is 1040 g/mol. The standard InChI is InChI=1S/C22H25F3N6O3S.C15H15F3N4O3S.C7H10N2O/c23-22(24,25)11-34-15-9-16(30-21-17(15)18(26)19(35-21)20(27)33)31-7-4-12(5-8-31)29-10-14(32)13-3-1-2-6-28-13;16-15(17,18)6-25-8-5-9(22-3-1-7(23)2-4-22)21-14-10(8)11(19)12(26-14)13(20)24;8-5-7(10)6-3-1-2-4-9-6/h1-3,6,9,12,14,29,32H,4-5,7-8,10-11,26H2,(H2,27,33);5H,1-4,6,19H2,(H2,20,24);1-4,7,10H,5,8H2. The van der Waals surface area contributed by atoms with Gasteiger partial charge in [-0.1, -0.05) is 12.1 Å². The molecule has 0 bridgehead atoms. The number of carbonyl (C=O) groups is 3. The highest BCUT2D eigenvalue weighted by Gasteiger charge is 2.32. The molecule has 0 spiro atoms. The predicted molar refractivity (Wildman–Crippen MR) is 255 cm³/mol. The van der Waals surface area contributed by atoms with E-state index in [-0.39, 0.29) is 71.4 Å². The number of anilines is 4. The number of thiophene rings is 2. The lowest BCUT2D eigenvalue weighted by Crippen LogP contribution is -2.44. The molecule has 27 heteroatoms. The fourth-order valence-electron chi connectivity index (χ4n) is 7.33. The van der Waals surface area contributed by atoms with Gasteiger partial charge in [0.1, 0.15) is 60.5 Å². The number of nitrogens with zero attached hydrogens (tertiary/aromatic N) is 6. The van der Waals surface area contributed by atoms with Gasteiger partial charge in [0, 0.05) is 82.7 Å². The zero-order valence-corrected chi connectivity index (χ0v) is 39.2. The van der Waals surface area contributed by atoms with Crippen LogP contribution in [-0.2, 0) is 4.79 Å². The van der Waals surface area contributed by atoms with Gasteiger partial charge in [-0.25, -0.2) is 9.97 Å². The van der Waals surface area contributed by atoms with E-state index in [0.717, 1.165) is 35.5 Å². The van der Waals surface area contributed by atoms with Gasteiger partial charge in [-0.15, -0.1) is 22.7 Å². The van der Waals surface area contributed by atoms with Crippen LogP contribution >= 0.6 is 22.7 Å². The molecular formula is C44H50F6N12O7S2. The number of Topliss-reactive ketones (excluding diaryl/α,β-unsaturated/α-hetero) is 1. The molecule has 2 saturated heterocycles. The first-order valence-corrected chi connectivity index (χ1v) is 23.3. The van der Waals surface area contributed by atoms with Crippen molar-refractivity contribution in [3.63, 3.8) is 0 Å². The first-order valence-electron chi connectivity index (χ1n) is 21.7. The Hall–Kier alpha value is -6.65. The van der Waals surface area contributed by atoms with Crippen LogP contribution in [0.25, 0.3) is 20.4 Å². The largest absolute Gasteiger partial charge is 0.483 e. The second-order valence-corrected chi connectivity index (χ2v) is 18.0. The fourth-order valence-corrected chi connectivity index (χ4v) is 9.25. The molecule has 6 aromatic rings. The normalized spacial score (nSPS) is 15.4. The van der Waals surface area contributed by atoms with Crippen molar-refractivity contribution in [3.8, 4) is 11.5 Å². The molecule has 71 heavy (non-hydrogen) atoms. The smallest absolute Gasteiger partial charge is 0.422 e. The summed E-state index contributed by atoms with van der Waals surface area (Å²) >= 11 is 1.82. The number of pyridine rings is 4. The SMILES string of the molecule is NC(=O)c1sc2nc(N3CCC(=O)CC3)cc(OCC(F)(F)F)c2c1N.NC(=O)c1sc2nc(N3CCC(NCC(O)c4ccccn4)CC3)cc(OCC(F)(F)F)c2c1N.NCC(O)c1ccccn1. The number of piperidine rings is 2. The van der Waals surface area contributed by atoms with Crippen molar-refractivity contribution < 1.29 is 60.4 Å². The van der Waals surface area contributed by atoms with Gasteiger partial charge in [-0.05, 0) is 37.1 Å². The number of aliphatic hydroxyl groups is 2. The summed E-state index contributed by atoms with van der Waals surface area (Å²) in [5.74, 6) is -0.889. The number of fused-ring (bicyclic) bond motifs is 2. The maximum absolute atomic E-state index is 12.8. The van der Waals surface area contributed by atoms with E-state index in [1.807, 2.05) is 17.0 Å². The number of ether oxygens (including phenoxy) is 2. The average Bonchev–Trinajstić information content (AvgIpc) is 3.88. The summed E-state index contributed by atoms with van der Waals surface area (Å²) in [5, 5.41) is 23.1. The highest BCUT2D eigenvalue weighted by atomic mass is 32.1. The van der Waals surface area contributed by atoms with Gasteiger partial charge < -0.3 is 63.5 Å². The van der Waals surface area contributed by atoms with Crippen molar-refractivity contribution in [1.82, 2.24) is 25.3 Å². The number of nitrogen functional groups attached to an aromatic ring is 2. The molecule has 0 aliphatic carbocycles. The maximum atomic E-state index is 12.8. The van der Waals surface area contributed by atoms with Crippen molar-refractivity contribution >= 4 is 83.7 Å². The summed E-state index contributed by atoms with van der Waals surface area (Å²) in [6, 6.07) is 13.6. The van der Waals surface area contributed by atoms with Gasteiger partial charge >= 0.3 is 12.4 Å². The predicted octanol–water partition coefficient (Wildman–Crippen LogP) is 4.77. The Bertz CT molecular complexity index is 2770. The molecule has 2 aliphatic rings. The van der Waals surface area contributed by atoms with E-state index in [0.29, 0.717) is 68.6 Å². The molecule has 2 aliphatic heterocycles. The molecule has 2 fully saturated rings. The summed E-state index contributed by atoms with van der Waals surface area (Å²) < 4.78 is 86.2. The number of rotatable bonds is 14. The minimum atomic E-state index is -4.54. The Morgan fingerprint density at radius 2 is 1.17 bits per heavy atom. The summed E-state index contributed by atoms with van der Waals surface area (Å²) in [5.41, 5.74) is 28.8. The van der Waals surface area contributed by atoms with Crippen LogP contribution in [-0.4, -0.2) is 119 Å². The number of ketones is 1. The van der Waals surface area contributed by atoms with Gasteiger partial charge in [0.15, 0.2) is 13.2 Å². The number of aliphatic hydroxyl groups excluding tert-OH is 2. The fraction of sp³-hybridized carbons (Fsp3) is 0.386. The lowest BCUT2D eigenvalue weighted by molar-refractivity contribution is -0.153. The molecule has 19 nitrogen and oxygen atoms in total. The summed E-state index contributed by atoms with van der Waals surface area (Å²) in [6.45, 7) is -0.472. The van der Waals surface area contributed by atoms with Crippen LogP contribution in [0.1, 0.15) is 68.6 Å². The third kappa shape index (κ3) is 14.5. The van der Waals surface area contributed by atoms with Crippen LogP contribution < -0.4 is 53.3 Å². The molecule has 2 unspecified atom stereocenters. The molecule has 0 radical (unpaired) electrons. The molecule has 0 aromatic carbocycles. The number of primary amides is 2. The minimum absolute atomic E-state index is 0.00957. The van der Waals surface area contributed by atoms with Gasteiger partial charge in [0.05, 0.1) is 33.5 Å². The number of hydrogen-bond acceptors (Lipinski definition) is 19. The summed E-state index contributed by atoms with van der Waals surface area (Å²) in [4.78, 5) is 55.9. The number of hydrogen-bond donors (Lipinski definition) is 8. The maximum Gasteiger partial charge on any atom is 0.422 e. The topological polar surface area (TPSA) is 310 Å². The highest BCUT2D eigenvalue weighted by Crippen LogP contribution is 2.43. The number of alkyl halides is 6. The Kier molecular flexibility index (Phi) is 17.8. The van der Waals surface area contributed by atoms with Crippen molar-refractivity contribution in [2.24, 2.45) is 17.2 Å². The van der Waals surface area contributed by atoms with Gasteiger partial charge in [0.25, 0.3) is 11.8 Å². The molecule has 8 heterocycles. The third-order valence-corrected chi connectivity index (χ3v) is 13.1. The van der Waals surface area contributed by atoms with E-state index in [4.69, 9.17) is 43.2 Å². The lowest BCUT2D eigenvalue weighted by atomic mass is 10.0. The molecule has 2 amide bonds. The van der Waals surface area contributed by atoms with Crippen LogP contribution in [0.15, 0.2) is 60.9 Å². The second-order valence-electron chi connectivity index (χ2n) is 16.0.